The summed E-state index contributed by atoms with van der Waals surface area (Å²) in [4.78, 5) is 60.2. The van der Waals surface area contributed by atoms with Gasteiger partial charge in [0.1, 0.15) is 34.0 Å². The second-order valence-corrected chi connectivity index (χ2v) is 19.2. The SMILES string of the molecule is CC(=O)OC1(C)CCC(=C(C)C)C(c2c(O)c3c(c4c2OC(C)(C)CC4)O[C@]24C(=C[C@@H]5C[C@H]2C(C)(C)O[C@@]4(C/C=C(/C)C(=O)N2CCN(C)CC2)C5=O)C3=O)C1. The molecule has 2 saturated heterocycles. The summed E-state index contributed by atoms with van der Waals surface area (Å²) in [6.45, 7) is 20.0. The number of Topliss-reactive ketones (excluding diaryl/α,β-unsaturated/α-hetero) is 2. The minimum atomic E-state index is -1.58. The summed E-state index contributed by atoms with van der Waals surface area (Å²) in [7, 11) is 2.04. The highest BCUT2D eigenvalue weighted by Crippen LogP contribution is 2.69. The smallest absolute Gasteiger partial charge is 0.303 e. The van der Waals surface area contributed by atoms with Crippen LogP contribution in [0.3, 0.4) is 0 Å². The number of nitrogens with zero attached hydrogens (tertiary/aromatic N) is 2. The number of esters is 1. The fourth-order valence-corrected chi connectivity index (χ4v) is 11.3. The number of benzene rings is 1. The number of ketones is 2. The molecule has 1 N–H and O–H groups in total. The van der Waals surface area contributed by atoms with E-state index in [2.05, 4.69) is 4.90 Å². The van der Waals surface area contributed by atoms with Crippen molar-refractivity contribution in [2.24, 2.45) is 11.8 Å². The Morgan fingerprint density at radius 3 is 2.32 bits per heavy atom. The zero-order valence-electron chi connectivity index (χ0n) is 34.8. The first-order chi connectivity index (χ1) is 26.2. The third-order valence-electron chi connectivity index (χ3n) is 14.1. The highest BCUT2D eigenvalue weighted by molar-refractivity contribution is 6.18. The van der Waals surface area contributed by atoms with E-state index in [4.69, 9.17) is 18.9 Å². The lowest BCUT2D eigenvalue weighted by atomic mass is 9.51. The molecule has 1 aromatic carbocycles. The molecule has 0 radical (unpaired) electrons. The van der Waals surface area contributed by atoms with Crippen molar-refractivity contribution in [1.82, 2.24) is 9.80 Å². The normalized spacial score (nSPS) is 34.1. The van der Waals surface area contributed by atoms with Gasteiger partial charge in [-0.2, -0.15) is 0 Å². The Balaban J connectivity index is 1.30. The number of piperazine rings is 1. The molecular weight excluding hydrogens is 712 g/mol. The van der Waals surface area contributed by atoms with Gasteiger partial charge in [0.15, 0.2) is 22.8 Å². The Hall–Kier alpha value is -3.96. The Labute approximate surface area is 330 Å². The molecule has 11 nitrogen and oxygen atoms in total. The second-order valence-electron chi connectivity index (χ2n) is 19.2. The molecular formula is C45H58N2O9. The number of amides is 1. The third-order valence-corrected chi connectivity index (χ3v) is 14.1. The quantitative estimate of drug-likeness (QED) is 0.200. The fourth-order valence-electron chi connectivity index (χ4n) is 11.3. The second kappa shape index (κ2) is 12.8. The number of ether oxygens (including phenoxy) is 4. The summed E-state index contributed by atoms with van der Waals surface area (Å²) >= 11 is 0. The molecule has 6 atom stereocenters. The van der Waals surface area contributed by atoms with Gasteiger partial charge in [0.2, 0.25) is 5.91 Å². The lowest BCUT2D eigenvalue weighted by Gasteiger charge is -2.56. The van der Waals surface area contributed by atoms with Crippen molar-refractivity contribution >= 4 is 23.4 Å². The predicted octanol–water partition coefficient (Wildman–Crippen LogP) is 6.54. The monoisotopic (exact) mass is 770 g/mol. The van der Waals surface area contributed by atoms with Crippen LogP contribution in [0.1, 0.15) is 128 Å². The van der Waals surface area contributed by atoms with Crippen LogP contribution in [0.15, 0.2) is 34.4 Å². The molecule has 0 aromatic heterocycles. The van der Waals surface area contributed by atoms with Crippen molar-refractivity contribution in [1.29, 1.82) is 0 Å². The van der Waals surface area contributed by atoms with Crippen LogP contribution in [-0.4, -0.2) is 99.6 Å². The number of aromatic hydroxyl groups is 1. The Morgan fingerprint density at radius 2 is 1.66 bits per heavy atom. The number of hydrogen-bond acceptors (Lipinski definition) is 10. The van der Waals surface area contributed by atoms with Crippen LogP contribution in [0.25, 0.3) is 0 Å². The summed E-state index contributed by atoms with van der Waals surface area (Å²) < 4.78 is 27.1. The summed E-state index contributed by atoms with van der Waals surface area (Å²) in [6, 6.07) is 0. The molecule has 1 aromatic rings. The van der Waals surface area contributed by atoms with Gasteiger partial charge in [0.05, 0.1) is 5.60 Å². The van der Waals surface area contributed by atoms with E-state index in [1.165, 1.54) is 6.92 Å². The number of phenolic OH excluding ortho intramolecular Hbond substituents is 1. The maximum atomic E-state index is 15.4. The minimum Gasteiger partial charge on any atom is -0.507 e. The van der Waals surface area contributed by atoms with E-state index in [9.17, 15) is 19.5 Å². The van der Waals surface area contributed by atoms with Crippen molar-refractivity contribution in [3.8, 4) is 17.2 Å². The molecule has 4 bridgehead atoms. The van der Waals surface area contributed by atoms with Crippen molar-refractivity contribution in [2.75, 3.05) is 33.2 Å². The van der Waals surface area contributed by atoms with E-state index < -0.39 is 39.8 Å². The van der Waals surface area contributed by atoms with Gasteiger partial charge in [-0.3, -0.25) is 19.2 Å². The number of carbonyl (C=O) groups excluding carboxylic acids is 4. The van der Waals surface area contributed by atoms with Crippen LogP contribution in [0.4, 0.5) is 0 Å². The topological polar surface area (TPSA) is 132 Å². The number of likely N-dealkylation sites (N-methyl/N-ethyl adjacent to an activating group) is 1. The van der Waals surface area contributed by atoms with Crippen molar-refractivity contribution in [3.05, 3.63) is 51.1 Å². The first-order valence-corrected chi connectivity index (χ1v) is 20.5. The van der Waals surface area contributed by atoms with E-state index in [-0.39, 0.29) is 52.8 Å². The zero-order chi connectivity index (χ0) is 40.5. The largest absolute Gasteiger partial charge is 0.507 e. The number of rotatable bonds is 5. The Bertz CT molecular complexity index is 2050. The standard InChI is InChI=1S/C45H58N2O9/c1-24(2)28-13-15-43(9,53-26(4)48)23-30(28)33-36(50)34-35(49)31-21-27-22-32-42(7,8)56-44(39(27)51,16-11-25(3)40(52)47-19-17-46(10)18-20-47)45(31,32)55-38(34)29-12-14-41(5,6)54-37(29)33/h11,21,27,30,32,50H,12-20,22-23H2,1-10H3/b25-11-/t27-,30?,32+,43?,44+,45-/m1/s1. The first kappa shape index (κ1) is 38.9. The van der Waals surface area contributed by atoms with Gasteiger partial charge in [0.25, 0.3) is 0 Å². The van der Waals surface area contributed by atoms with Crippen molar-refractivity contribution in [3.63, 3.8) is 0 Å². The molecule has 1 amide bonds. The highest BCUT2D eigenvalue weighted by atomic mass is 16.6. The van der Waals surface area contributed by atoms with E-state index in [1.807, 2.05) is 60.4 Å². The third kappa shape index (κ3) is 5.57. The van der Waals surface area contributed by atoms with Crippen LogP contribution in [-0.2, 0) is 30.3 Å². The van der Waals surface area contributed by atoms with Gasteiger partial charge in [-0.15, -0.1) is 0 Å². The maximum absolute atomic E-state index is 15.4. The van der Waals surface area contributed by atoms with Gasteiger partial charge in [0, 0.05) is 79.6 Å². The van der Waals surface area contributed by atoms with E-state index in [1.54, 1.807) is 19.1 Å². The van der Waals surface area contributed by atoms with Gasteiger partial charge in [-0.05, 0) is 101 Å². The average Bonchev–Trinajstić information content (AvgIpc) is 3.26. The molecule has 4 fully saturated rings. The van der Waals surface area contributed by atoms with E-state index in [0.717, 1.165) is 24.2 Å². The van der Waals surface area contributed by atoms with Crippen LogP contribution in [0, 0.1) is 11.8 Å². The number of carbonyl (C=O) groups is 4. The number of allylic oxidation sites excluding steroid dienone is 3. The molecule has 4 aliphatic heterocycles. The fraction of sp³-hybridized carbons (Fsp3) is 0.644. The van der Waals surface area contributed by atoms with Crippen molar-refractivity contribution < 1.29 is 43.2 Å². The predicted molar refractivity (Wildman–Crippen MR) is 209 cm³/mol. The number of hydrogen-bond donors (Lipinski definition) is 1. The summed E-state index contributed by atoms with van der Waals surface area (Å²) in [5.41, 5.74) is -0.959. The van der Waals surface area contributed by atoms with Crippen LogP contribution < -0.4 is 9.47 Å². The molecule has 4 aliphatic carbocycles. The van der Waals surface area contributed by atoms with Crippen molar-refractivity contribution in [2.45, 2.75) is 141 Å². The molecule has 2 unspecified atom stereocenters. The molecule has 2 saturated carbocycles. The van der Waals surface area contributed by atoms with Crippen LogP contribution in [0.5, 0.6) is 17.2 Å². The molecule has 302 valence electrons. The lowest BCUT2D eigenvalue weighted by Crippen LogP contribution is -2.72. The van der Waals surface area contributed by atoms with E-state index in [0.29, 0.717) is 79.6 Å². The van der Waals surface area contributed by atoms with Gasteiger partial charge >= 0.3 is 5.97 Å². The average molecular weight is 771 g/mol. The minimum absolute atomic E-state index is 0.0596. The summed E-state index contributed by atoms with van der Waals surface area (Å²) in [5, 5.41) is 12.6. The summed E-state index contributed by atoms with van der Waals surface area (Å²) in [6.07, 6.45) is 6.90. The lowest BCUT2D eigenvalue weighted by molar-refractivity contribution is -0.171. The molecule has 8 aliphatic rings. The van der Waals surface area contributed by atoms with Crippen LogP contribution in [0.2, 0.25) is 0 Å². The highest BCUT2D eigenvalue weighted by Gasteiger charge is 2.81. The molecule has 1 spiro atoms. The summed E-state index contributed by atoms with van der Waals surface area (Å²) in [5.74, 6) is -1.80. The first-order valence-electron chi connectivity index (χ1n) is 20.5. The maximum Gasteiger partial charge on any atom is 0.303 e. The number of fused-ring (bicyclic) bond motifs is 3. The van der Waals surface area contributed by atoms with Crippen LogP contribution >= 0.6 is 0 Å². The molecule has 4 heterocycles. The Morgan fingerprint density at radius 1 is 0.964 bits per heavy atom. The van der Waals surface area contributed by atoms with Gasteiger partial charge < -0.3 is 33.9 Å². The molecule has 56 heavy (non-hydrogen) atoms. The zero-order valence-corrected chi connectivity index (χ0v) is 34.8. The Kier molecular flexibility index (Phi) is 8.87. The van der Waals surface area contributed by atoms with Gasteiger partial charge in [-0.25, -0.2) is 0 Å². The number of phenols is 1. The molecule has 11 heteroatoms. The molecule has 9 rings (SSSR count). The van der Waals surface area contributed by atoms with E-state index >= 15 is 4.79 Å². The van der Waals surface area contributed by atoms with Gasteiger partial charge in [-0.1, -0.05) is 23.3 Å².